The van der Waals surface area contributed by atoms with Gasteiger partial charge in [-0.1, -0.05) is 0 Å². The summed E-state index contributed by atoms with van der Waals surface area (Å²) in [6.45, 7) is 0. The van der Waals surface area contributed by atoms with Crippen molar-refractivity contribution in [3.05, 3.63) is 18.0 Å². The van der Waals surface area contributed by atoms with Gasteiger partial charge in [0.15, 0.2) is 5.75 Å². The van der Waals surface area contributed by atoms with Crippen molar-refractivity contribution in [1.29, 1.82) is 5.26 Å². The Kier molecular flexibility index (Phi) is 1.78. The second kappa shape index (κ2) is 2.94. The van der Waals surface area contributed by atoms with E-state index >= 15 is 0 Å². The lowest BCUT2D eigenvalue weighted by atomic mass is 10.2. The third-order valence-corrected chi connectivity index (χ3v) is 1.87. The highest BCUT2D eigenvalue weighted by Gasteiger charge is 2.25. The number of nitrogen functional groups attached to an aromatic ring is 1. The van der Waals surface area contributed by atoms with Crippen molar-refractivity contribution < 1.29 is 4.74 Å². The van der Waals surface area contributed by atoms with Crippen LogP contribution in [0.5, 0.6) is 5.75 Å². The summed E-state index contributed by atoms with van der Waals surface area (Å²) in [4.78, 5) is 3.87. The Labute approximate surface area is 76.0 Å². The number of rotatable bonds is 2. The van der Waals surface area contributed by atoms with Crippen molar-refractivity contribution in [3.63, 3.8) is 0 Å². The lowest BCUT2D eigenvalue weighted by molar-refractivity contribution is 0.301. The van der Waals surface area contributed by atoms with Crippen molar-refractivity contribution in [2.75, 3.05) is 5.73 Å². The number of nitriles is 1. The van der Waals surface area contributed by atoms with Crippen molar-refractivity contribution in [2.24, 2.45) is 0 Å². The number of anilines is 1. The van der Waals surface area contributed by atoms with Gasteiger partial charge in [-0.25, -0.2) is 0 Å². The van der Waals surface area contributed by atoms with Crippen LogP contribution in [0.15, 0.2) is 12.4 Å². The number of hydrogen-bond donors (Lipinski definition) is 1. The zero-order valence-corrected chi connectivity index (χ0v) is 7.03. The first kappa shape index (κ1) is 7.87. The third kappa shape index (κ3) is 1.54. The molecular formula is C9H9N3O. The Bertz CT molecular complexity index is 366. The standard InChI is InChI=1S/C9H9N3O/c10-3-7-8(11)4-12-5-9(7)13-6-1-2-6/h4-6H,1-2,11H2. The molecule has 0 unspecified atom stereocenters. The first-order valence-corrected chi connectivity index (χ1v) is 4.11. The van der Waals surface area contributed by atoms with Gasteiger partial charge in [0, 0.05) is 0 Å². The second-order valence-corrected chi connectivity index (χ2v) is 3.03. The Morgan fingerprint density at radius 2 is 2.31 bits per heavy atom. The summed E-state index contributed by atoms with van der Waals surface area (Å²) in [5, 5.41) is 8.79. The molecule has 66 valence electrons. The van der Waals surface area contributed by atoms with E-state index in [1.165, 1.54) is 12.4 Å². The minimum atomic E-state index is 0.260. The number of nitrogens with two attached hydrogens (primary N) is 1. The Balaban J connectivity index is 2.32. The maximum atomic E-state index is 8.79. The molecule has 0 bridgehead atoms. The minimum absolute atomic E-state index is 0.260. The molecule has 1 aromatic rings. The van der Waals surface area contributed by atoms with Gasteiger partial charge >= 0.3 is 0 Å². The molecule has 0 atom stereocenters. The number of hydrogen-bond acceptors (Lipinski definition) is 4. The average Bonchev–Trinajstić information content (AvgIpc) is 2.89. The monoisotopic (exact) mass is 175 g/mol. The Hall–Kier alpha value is -1.76. The Morgan fingerprint density at radius 1 is 1.54 bits per heavy atom. The van der Waals surface area contributed by atoms with Gasteiger partial charge < -0.3 is 10.5 Å². The van der Waals surface area contributed by atoms with Crippen molar-refractivity contribution in [1.82, 2.24) is 4.98 Å². The summed E-state index contributed by atoms with van der Waals surface area (Å²) in [6.07, 6.45) is 5.36. The van der Waals surface area contributed by atoms with E-state index in [4.69, 9.17) is 15.7 Å². The van der Waals surface area contributed by atoms with Gasteiger partial charge in [0.2, 0.25) is 0 Å². The average molecular weight is 175 g/mol. The molecule has 0 radical (unpaired) electrons. The fourth-order valence-corrected chi connectivity index (χ4v) is 1.03. The van der Waals surface area contributed by atoms with E-state index in [1.54, 1.807) is 0 Å². The molecule has 0 aliphatic heterocycles. The van der Waals surface area contributed by atoms with E-state index in [-0.39, 0.29) is 6.10 Å². The first-order valence-electron chi connectivity index (χ1n) is 4.11. The van der Waals surface area contributed by atoms with Gasteiger partial charge in [-0.15, -0.1) is 0 Å². The second-order valence-electron chi connectivity index (χ2n) is 3.03. The fourth-order valence-electron chi connectivity index (χ4n) is 1.03. The molecule has 1 aromatic heterocycles. The molecule has 0 spiro atoms. The predicted molar refractivity (Wildman–Crippen MR) is 47.0 cm³/mol. The van der Waals surface area contributed by atoms with Gasteiger partial charge in [-0.2, -0.15) is 5.26 Å². The maximum Gasteiger partial charge on any atom is 0.157 e. The van der Waals surface area contributed by atoms with Crippen LogP contribution < -0.4 is 10.5 Å². The number of aromatic nitrogens is 1. The van der Waals surface area contributed by atoms with Gasteiger partial charge in [0.1, 0.15) is 11.6 Å². The lowest BCUT2D eigenvalue weighted by Gasteiger charge is -2.06. The van der Waals surface area contributed by atoms with E-state index in [0.717, 1.165) is 12.8 Å². The van der Waals surface area contributed by atoms with E-state index in [0.29, 0.717) is 17.0 Å². The summed E-state index contributed by atoms with van der Waals surface area (Å²) in [5.74, 6) is 0.505. The zero-order chi connectivity index (χ0) is 9.26. The minimum Gasteiger partial charge on any atom is -0.487 e. The van der Waals surface area contributed by atoms with Crippen LogP contribution >= 0.6 is 0 Å². The lowest BCUT2D eigenvalue weighted by Crippen LogP contribution is -2.01. The molecule has 0 saturated heterocycles. The maximum absolute atomic E-state index is 8.79. The summed E-state index contributed by atoms with van der Waals surface area (Å²) in [6, 6.07) is 2.01. The van der Waals surface area contributed by atoms with Crippen LogP contribution in [0, 0.1) is 11.3 Å². The topological polar surface area (TPSA) is 71.9 Å². The van der Waals surface area contributed by atoms with Crippen LogP contribution in [-0.4, -0.2) is 11.1 Å². The Morgan fingerprint density at radius 3 is 2.92 bits per heavy atom. The summed E-state index contributed by atoms with van der Waals surface area (Å²) < 4.78 is 5.46. The molecule has 0 aromatic carbocycles. The molecule has 1 saturated carbocycles. The highest BCUT2D eigenvalue weighted by atomic mass is 16.5. The van der Waals surface area contributed by atoms with Crippen molar-refractivity contribution in [2.45, 2.75) is 18.9 Å². The summed E-state index contributed by atoms with van der Waals surface area (Å²) in [5.41, 5.74) is 6.33. The SMILES string of the molecule is N#Cc1c(N)cncc1OC1CC1. The molecule has 1 aliphatic carbocycles. The molecule has 1 heterocycles. The smallest absolute Gasteiger partial charge is 0.157 e. The highest BCUT2D eigenvalue weighted by molar-refractivity contribution is 5.58. The zero-order valence-electron chi connectivity index (χ0n) is 7.03. The van der Waals surface area contributed by atoms with Crippen LogP contribution in [0.2, 0.25) is 0 Å². The van der Waals surface area contributed by atoms with E-state index < -0.39 is 0 Å². The quantitative estimate of drug-likeness (QED) is 0.729. The summed E-state index contributed by atoms with van der Waals surface area (Å²) >= 11 is 0. The van der Waals surface area contributed by atoms with E-state index in [2.05, 4.69) is 4.98 Å². The first-order chi connectivity index (χ1) is 6.31. The van der Waals surface area contributed by atoms with Gasteiger partial charge in [-0.3, -0.25) is 4.98 Å². The van der Waals surface area contributed by atoms with Crippen molar-refractivity contribution >= 4 is 5.69 Å². The van der Waals surface area contributed by atoms with Gasteiger partial charge in [0.25, 0.3) is 0 Å². The number of nitrogens with zero attached hydrogens (tertiary/aromatic N) is 2. The molecule has 0 amide bonds. The van der Waals surface area contributed by atoms with Crippen LogP contribution in [0.25, 0.3) is 0 Å². The van der Waals surface area contributed by atoms with E-state index in [1.807, 2.05) is 6.07 Å². The normalized spacial score (nSPS) is 15.0. The molecule has 2 N–H and O–H groups in total. The van der Waals surface area contributed by atoms with Crippen LogP contribution in [0.1, 0.15) is 18.4 Å². The fraction of sp³-hybridized carbons (Fsp3) is 0.333. The summed E-state index contributed by atoms with van der Waals surface area (Å²) in [7, 11) is 0. The van der Waals surface area contributed by atoms with E-state index in [9.17, 15) is 0 Å². The predicted octanol–water partition coefficient (Wildman–Crippen LogP) is 1.08. The van der Waals surface area contributed by atoms with Gasteiger partial charge in [-0.05, 0) is 12.8 Å². The highest BCUT2D eigenvalue weighted by Crippen LogP contribution is 2.30. The molecule has 13 heavy (non-hydrogen) atoms. The molecule has 4 nitrogen and oxygen atoms in total. The van der Waals surface area contributed by atoms with Crippen LogP contribution in [0.4, 0.5) is 5.69 Å². The van der Waals surface area contributed by atoms with Crippen LogP contribution in [-0.2, 0) is 0 Å². The molecule has 1 aliphatic rings. The molecular weight excluding hydrogens is 166 g/mol. The molecule has 2 rings (SSSR count). The van der Waals surface area contributed by atoms with Crippen molar-refractivity contribution in [3.8, 4) is 11.8 Å². The molecule has 4 heteroatoms. The largest absolute Gasteiger partial charge is 0.487 e. The van der Waals surface area contributed by atoms with Crippen LogP contribution in [0.3, 0.4) is 0 Å². The van der Waals surface area contributed by atoms with Gasteiger partial charge in [0.05, 0.1) is 24.2 Å². The third-order valence-electron chi connectivity index (χ3n) is 1.87. The number of ether oxygens (including phenoxy) is 1. The molecule has 1 fully saturated rings. The number of pyridine rings is 1.